The molecule has 1 atom stereocenters. The summed E-state index contributed by atoms with van der Waals surface area (Å²) in [6, 6.07) is 5.34. The van der Waals surface area contributed by atoms with Gasteiger partial charge in [-0.3, -0.25) is 0 Å². The van der Waals surface area contributed by atoms with Crippen LogP contribution in [0.4, 0.5) is 10.1 Å². The van der Waals surface area contributed by atoms with Gasteiger partial charge in [-0.2, -0.15) is 0 Å². The Balaban J connectivity index is 1.81. The van der Waals surface area contributed by atoms with Gasteiger partial charge in [-0.05, 0) is 17.7 Å². The van der Waals surface area contributed by atoms with E-state index in [9.17, 15) is 4.39 Å². The first kappa shape index (κ1) is 12.4. The van der Waals surface area contributed by atoms with Crippen molar-refractivity contribution in [1.29, 1.82) is 0 Å². The van der Waals surface area contributed by atoms with Gasteiger partial charge in [-0.25, -0.2) is 9.38 Å². The molecule has 1 aromatic rings. The van der Waals surface area contributed by atoms with Crippen LogP contribution in [-0.2, 0) is 4.74 Å². The van der Waals surface area contributed by atoms with E-state index in [1.54, 1.807) is 6.07 Å². The summed E-state index contributed by atoms with van der Waals surface area (Å²) in [4.78, 5) is 6.42. The quantitative estimate of drug-likeness (QED) is 0.883. The van der Waals surface area contributed by atoms with E-state index in [-0.39, 0.29) is 11.9 Å². The summed E-state index contributed by atoms with van der Waals surface area (Å²) >= 11 is 0. The van der Waals surface area contributed by atoms with Crippen LogP contribution in [0.15, 0.2) is 23.2 Å². The second-order valence-corrected chi connectivity index (χ2v) is 4.92. The molecule has 0 bridgehead atoms. The molecule has 1 N–H and O–H groups in total. The highest BCUT2D eigenvalue weighted by Gasteiger charge is 2.21. The molecule has 1 aromatic carbocycles. The molecule has 0 saturated carbocycles. The maximum absolute atomic E-state index is 14.2. The van der Waals surface area contributed by atoms with Crippen LogP contribution in [0.25, 0.3) is 0 Å². The van der Waals surface area contributed by atoms with Gasteiger partial charge in [0, 0.05) is 33.1 Å². The Hall–Kier alpha value is -1.62. The highest BCUT2D eigenvalue weighted by Crippen LogP contribution is 2.28. The van der Waals surface area contributed by atoms with Crippen LogP contribution in [-0.4, -0.2) is 38.7 Å². The lowest BCUT2D eigenvalue weighted by molar-refractivity contribution is 0.316. The van der Waals surface area contributed by atoms with Crippen LogP contribution in [0.3, 0.4) is 0 Å². The SMILES string of the molecule is CC1=NC(c2ccc(N3CCNCC3)c(F)c2)CO1. The van der Waals surface area contributed by atoms with Crippen LogP contribution in [0.5, 0.6) is 0 Å². The Labute approximate surface area is 112 Å². The van der Waals surface area contributed by atoms with Gasteiger partial charge in [-0.1, -0.05) is 6.07 Å². The van der Waals surface area contributed by atoms with E-state index in [1.165, 1.54) is 0 Å². The van der Waals surface area contributed by atoms with Crippen molar-refractivity contribution in [1.82, 2.24) is 5.32 Å². The summed E-state index contributed by atoms with van der Waals surface area (Å²) in [6.45, 7) is 5.84. The molecule has 2 aliphatic heterocycles. The lowest BCUT2D eigenvalue weighted by Crippen LogP contribution is -2.43. The van der Waals surface area contributed by atoms with Crippen LogP contribution in [0, 0.1) is 5.82 Å². The standard InChI is InChI=1S/C14H18FN3O/c1-10-17-13(9-19-10)11-2-3-14(12(15)8-11)18-6-4-16-5-7-18/h2-3,8,13,16H,4-7,9H2,1H3. The number of nitrogens with zero attached hydrogens (tertiary/aromatic N) is 2. The van der Waals surface area contributed by atoms with Gasteiger partial charge in [-0.15, -0.1) is 0 Å². The fourth-order valence-electron chi connectivity index (χ4n) is 2.56. The zero-order chi connectivity index (χ0) is 13.2. The van der Waals surface area contributed by atoms with Crippen LogP contribution >= 0.6 is 0 Å². The fraction of sp³-hybridized carbons (Fsp3) is 0.500. The number of aliphatic imine (C=N–C) groups is 1. The van der Waals surface area contributed by atoms with Crippen molar-refractivity contribution in [3.63, 3.8) is 0 Å². The molecule has 0 amide bonds. The lowest BCUT2D eigenvalue weighted by atomic mass is 10.1. The zero-order valence-electron chi connectivity index (χ0n) is 11.0. The van der Waals surface area contributed by atoms with Crippen LogP contribution in [0.1, 0.15) is 18.5 Å². The number of benzene rings is 1. The van der Waals surface area contributed by atoms with Crippen molar-refractivity contribution in [2.75, 3.05) is 37.7 Å². The maximum Gasteiger partial charge on any atom is 0.180 e. The summed E-state index contributed by atoms with van der Waals surface area (Å²) in [5.41, 5.74) is 1.57. The fourth-order valence-corrected chi connectivity index (χ4v) is 2.56. The third kappa shape index (κ3) is 2.56. The van der Waals surface area contributed by atoms with Crippen LogP contribution in [0.2, 0.25) is 0 Å². The summed E-state index contributed by atoms with van der Waals surface area (Å²) in [5, 5.41) is 3.27. The Bertz CT molecular complexity index is 497. The normalized spacial score (nSPS) is 23.2. The highest BCUT2D eigenvalue weighted by atomic mass is 19.1. The van der Waals surface area contributed by atoms with Crippen molar-refractivity contribution in [3.8, 4) is 0 Å². The first-order valence-electron chi connectivity index (χ1n) is 6.66. The molecule has 19 heavy (non-hydrogen) atoms. The van der Waals surface area contributed by atoms with Gasteiger partial charge in [0.15, 0.2) is 5.90 Å². The molecule has 4 nitrogen and oxygen atoms in total. The average Bonchev–Trinajstić information content (AvgIpc) is 2.86. The van der Waals surface area contributed by atoms with Crippen molar-refractivity contribution in [2.24, 2.45) is 4.99 Å². The third-order valence-electron chi connectivity index (χ3n) is 3.60. The van der Waals surface area contributed by atoms with E-state index in [4.69, 9.17) is 4.74 Å². The average molecular weight is 263 g/mol. The Morgan fingerprint density at radius 2 is 2.16 bits per heavy atom. The number of hydrogen-bond acceptors (Lipinski definition) is 4. The van der Waals surface area contributed by atoms with Crippen LogP contribution < -0.4 is 10.2 Å². The smallest absolute Gasteiger partial charge is 0.180 e. The van der Waals surface area contributed by atoms with E-state index in [0.29, 0.717) is 18.2 Å². The molecule has 2 heterocycles. The van der Waals surface area contributed by atoms with Gasteiger partial charge in [0.1, 0.15) is 18.5 Å². The number of rotatable bonds is 2. The summed E-state index contributed by atoms with van der Waals surface area (Å²) < 4.78 is 19.5. The van der Waals surface area contributed by atoms with Crippen molar-refractivity contribution in [3.05, 3.63) is 29.6 Å². The number of nitrogens with one attached hydrogen (secondary N) is 1. The lowest BCUT2D eigenvalue weighted by Gasteiger charge is -2.29. The Morgan fingerprint density at radius 1 is 1.37 bits per heavy atom. The van der Waals surface area contributed by atoms with E-state index in [0.717, 1.165) is 31.7 Å². The minimum atomic E-state index is -0.167. The molecule has 3 rings (SSSR count). The largest absolute Gasteiger partial charge is 0.479 e. The topological polar surface area (TPSA) is 36.9 Å². The Morgan fingerprint density at radius 3 is 2.79 bits per heavy atom. The summed E-state index contributed by atoms with van der Waals surface area (Å²) in [6.07, 6.45) is 0. The molecule has 1 saturated heterocycles. The molecule has 0 aliphatic carbocycles. The number of anilines is 1. The minimum absolute atomic E-state index is 0.0634. The van der Waals surface area contributed by atoms with Crippen molar-refractivity contribution in [2.45, 2.75) is 13.0 Å². The van der Waals surface area contributed by atoms with Gasteiger partial charge >= 0.3 is 0 Å². The second kappa shape index (κ2) is 5.17. The Kier molecular flexibility index (Phi) is 3.38. The van der Waals surface area contributed by atoms with Gasteiger partial charge in [0.2, 0.25) is 0 Å². The number of halogens is 1. The maximum atomic E-state index is 14.2. The summed E-state index contributed by atoms with van der Waals surface area (Å²) in [7, 11) is 0. The molecule has 0 radical (unpaired) electrons. The molecule has 1 fully saturated rings. The first-order valence-corrected chi connectivity index (χ1v) is 6.66. The number of piperazine rings is 1. The first-order chi connectivity index (χ1) is 9.24. The van der Waals surface area contributed by atoms with E-state index >= 15 is 0 Å². The predicted octanol–water partition coefficient (Wildman–Crippen LogP) is 1.72. The zero-order valence-corrected chi connectivity index (χ0v) is 11.0. The second-order valence-electron chi connectivity index (χ2n) is 4.92. The summed E-state index contributed by atoms with van der Waals surface area (Å²) in [5.74, 6) is 0.510. The van der Waals surface area contributed by atoms with Gasteiger partial charge in [0.05, 0.1) is 5.69 Å². The molecule has 102 valence electrons. The van der Waals surface area contributed by atoms with Crippen molar-refractivity contribution >= 4 is 11.6 Å². The predicted molar refractivity (Wildman–Crippen MR) is 73.3 cm³/mol. The minimum Gasteiger partial charge on any atom is -0.479 e. The molecule has 0 spiro atoms. The molecule has 1 unspecified atom stereocenters. The highest BCUT2D eigenvalue weighted by molar-refractivity contribution is 5.75. The molecule has 2 aliphatic rings. The van der Waals surface area contributed by atoms with E-state index in [1.807, 2.05) is 19.1 Å². The molecule has 5 heteroatoms. The van der Waals surface area contributed by atoms with Gasteiger partial charge < -0.3 is 15.0 Å². The molecule has 0 aromatic heterocycles. The van der Waals surface area contributed by atoms with E-state index in [2.05, 4.69) is 15.2 Å². The monoisotopic (exact) mass is 263 g/mol. The third-order valence-corrected chi connectivity index (χ3v) is 3.60. The number of ether oxygens (including phenoxy) is 1. The van der Waals surface area contributed by atoms with E-state index < -0.39 is 0 Å². The van der Waals surface area contributed by atoms with Gasteiger partial charge in [0.25, 0.3) is 0 Å². The molecular weight excluding hydrogens is 245 g/mol. The van der Waals surface area contributed by atoms with Crippen molar-refractivity contribution < 1.29 is 9.13 Å². The molecular formula is C14H18FN3O. The number of hydrogen-bond donors (Lipinski definition) is 1.